The zero-order chi connectivity index (χ0) is 18.3. The van der Waals surface area contributed by atoms with Crippen LogP contribution in [0.1, 0.15) is 28.7 Å². The predicted molar refractivity (Wildman–Crippen MR) is 105 cm³/mol. The number of nitrogens with one attached hydrogen (secondary N) is 1. The average Bonchev–Trinajstić information content (AvgIpc) is 3.12. The first-order chi connectivity index (χ1) is 12.6. The molecule has 0 bridgehead atoms. The summed E-state index contributed by atoms with van der Waals surface area (Å²) < 4.78 is 19.3. The minimum atomic E-state index is -0.359. The van der Waals surface area contributed by atoms with Crippen LogP contribution >= 0.6 is 24.0 Å². The second-order valence-corrected chi connectivity index (χ2v) is 6.86. The number of rotatable bonds is 4. The molecule has 3 aromatic rings. The fraction of sp³-hybridized carbons (Fsp3) is 0.250. The lowest BCUT2D eigenvalue weighted by molar-refractivity contribution is 0.460. The van der Waals surface area contributed by atoms with Gasteiger partial charge in [0, 0.05) is 29.6 Å². The maximum atomic E-state index is 13.7. The van der Waals surface area contributed by atoms with Crippen LogP contribution in [0.3, 0.4) is 0 Å². The first-order valence-corrected chi connectivity index (χ1v) is 8.87. The second-order valence-electron chi connectivity index (χ2n) is 6.46. The number of phenolic OH excluding ortho intramolecular Hbond substituents is 1. The summed E-state index contributed by atoms with van der Waals surface area (Å²) in [6, 6.07) is 8.12. The Morgan fingerprint density at radius 2 is 1.93 bits per heavy atom. The van der Waals surface area contributed by atoms with Crippen molar-refractivity contribution in [2.24, 2.45) is 0 Å². The molecule has 1 aromatic heterocycles. The third kappa shape index (κ3) is 3.55. The smallest absolute Gasteiger partial charge is 0.339 e. The number of halogens is 3. The highest BCUT2D eigenvalue weighted by atomic mass is 35.5. The van der Waals surface area contributed by atoms with Gasteiger partial charge in [-0.2, -0.15) is 0 Å². The molecule has 1 heterocycles. The first kappa shape index (κ1) is 19.7. The van der Waals surface area contributed by atoms with E-state index in [0.717, 1.165) is 23.8 Å². The molecule has 0 spiro atoms. The Kier molecular flexibility index (Phi) is 5.75. The minimum absolute atomic E-state index is 0. The third-order valence-corrected chi connectivity index (χ3v) is 5.15. The van der Waals surface area contributed by atoms with Gasteiger partial charge < -0.3 is 14.8 Å². The number of phenols is 1. The molecule has 0 fully saturated rings. The molecule has 2 aromatic carbocycles. The van der Waals surface area contributed by atoms with Crippen LogP contribution < -0.4 is 10.9 Å². The number of hydrogen-bond acceptors (Lipinski definition) is 4. The Morgan fingerprint density at radius 3 is 2.70 bits per heavy atom. The highest BCUT2D eigenvalue weighted by Crippen LogP contribution is 2.38. The van der Waals surface area contributed by atoms with Gasteiger partial charge in [0.1, 0.15) is 17.1 Å². The SMILES string of the molecule is Cl.O=c1oc2c(CNCc3ccccc3F)c(O)c(Cl)cc2c2c1CCC2. The zero-order valence-electron chi connectivity index (χ0n) is 14.4. The van der Waals surface area contributed by atoms with Crippen molar-refractivity contribution in [1.29, 1.82) is 0 Å². The van der Waals surface area contributed by atoms with Crippen LogP contribution in [0, 0.1) is 5.82 Å². The molecule has 0 radical (unpaired) electrons. The maximum Gasteiger partial charge on any atom is 0.339 e. The molecule has 0 aliphatic heterocycles. The van der Waals surface area contributed by atoms with Crippen LogP contribution in [0.2, 0.25) is 5.02 Å². The Hall–Kier alpha value is -2.08. The van der Waals surface area contributed by atoms with Crippen molar-refractivity contribution in [2.45, 2.75) is 32.4 Å². The Morgan fingerprint density at radius 1 is 1.19 bits per heavy atom. The van der Waals surface area contributed by atoms with Gasteiger partial charge in [-0.15, -0.1) is 12.4 Å². The van der Waals surface area contributed by atoms with E-state index in [1.807, 2.05) is 0 Å². The van der Waals surface area contributed by atoms with Crippen molar-refractivity contribution >= 4 is 35.0 Å². The molecule has 7 heteroatoms. The van der Waals surface area contributed by atoms with E-state index in [-0.39, 0.29) is 47.7 Å². The second kappa shape index (κ2) is 7.89. The van der Waals surface area contributed by atoms with Crippen molar-refractivity contribution in [1.82, 2.24) is 5.32 Å². The molecule has 2 N–H and O–H groups in total. The molecule has 0 saturated carbocycles. The van der Waals surface area contributed by atoms with Crippen LogP contribution in [-0.4, -0.2) is 5.11 Å². The lowest BCUT2D eigenvalue weighted by atomic mass is 10.0. The van der Waals surface area contributed by atoms with Gasteiger partial charge in [0.15, 0.2) is 0 Å². The highest BCUT2D eigenvalue weighted by Gasteiger charge is 2.23. The van der Waals surface area contributed by atoms with E-state index in [4.69, 9.17) is 16.0 Å². The van der Waals surface area contributed by atoms with Gasteiger partial charge in [0.25, 0.3) is 0 Å². The lowest BCUT2D eigenvalue weighted by Gasteiger charge is -2.13. The Labute approximate surface area is 166 Å². The molecule has 142 valence electrons. The van der Waals surface area contributed by atoms with Gasteiger partial charge in [-0.1, -0.05) is 29.8 Å². The summed E-state index contributed by atoms with van der Waals surface area (Å²) in [4.78, 5) is 12.3. The van der Waals surface area contributed by atoms with Crippen LogP contribution in [0.25, 0.3) is 11.0 Å². The van der Waals surface area contributed by atoms with Crippen LogP contribution in [0.4, 0.5) is 4.39 Å². The molecular weight excluding hydrogens is 392 g/mol. The summed E-state index contributed by atoms with van der Waals surface area (Å²) in [7, 11) is 0. The van der Waals surface area contributed by atoms with E-state index < -0.39 is 0 Å². The van der Waals surface area contributed by atoms with Gasteiger partial charge in [0.05, 0.1) is 10.6 Å². The molecule has 4 rings (SSSR count). The van der Waals surface area contributed by atoms with E-state index >= 15 is 0 Å². The van der Waals surface area contributed by atoms with Crippen molar-refractivity contribution < 1.29 is 13.9 Å². The summed E-state index contributed by atoms with van der Waals surface area (Å²) in [6.45, 7) is 0.467. The normalized spacial score (nSPS) is 12.8. The summed E-state index contributed by atoms with van der Waals surface area (Å²) in [5, 5.41) is 14.4. The predicted octanol–water partition coefficient (Wildman–Crippen LogP) is 4.49. The number of aryl methyl sites for hydroxylation is 1. The lowest BCUT2D eigenvalue weighted by Crippen LogP contribution is -2.15. The first-order valence-electron chi connectivity index (χ1n) is 8.49. The summed E-state index contributed by atoms with van der Waals surface area (Å²) >= 11 is 6.20. The van der Waals surface area contributed by atoms with Crippen molar-refractivity contribution in [2.75, 3.05) is 0 Å². The molecule has 0 amide bonds. The van der Waals surface area contributed by atoms with E-state index in [9.17, 15) is 14.3 Å². The van der Waals surface area contributed by atoms with E-state index in [2.05, 4.69) is 5.32 Å². The third-order valence-electron chi connectivity index (χ3n) is 4.86. The van der Waals surface area contributed by atoms with Crippen LogP contribution in [0.5, 0.6) is 5.75 Å². The quantitative estimate of drug-likeness (QED) is 0.623. The summed E-state index contributed by atoms with van der Waals surface area (Å²) in [5.41, 5.74) is 2.56. The van der Waals surface area contributed by atoms with E-state index in [1.54, 1.807) is 24.3 Å². The molecule has 1 aliphatic carbocycles. The topological polar surface area (TPSA) is 62.5 Å². The number of fused-ring (bicyclic) bond motifs is 3. The van der Waals surface area contributed by atoms with Gasteiger partial charge in [-0.05, 0) is 37.0 Å². The molecule has 27 heavy (non-hydrogen) atoms. The molecule has 0 saturated heterocycles. The Balaban J connectivity index is 0.00000210. The maximum absolute atomic E-state index is 13.7. The molecule has 0 unspecified atom stereocenters. The fourth-order valence-corrected chi connectivity index (χ4v) is 3.79. The van der Waals surface area contributed by atoms with Gasteiger partial charge in [-0.25, -0.2) is 9.18 Å². The highest BCUT2D eigenvalue weighted by molar-refractivity contribution is 6.33. The van der Waals surface area contributed by atoms with Gasteiger partial charge in [-0.3, -0.25) is 0 Å². The molecule has 4 nitrogen and oxygen atoms in total. The van der Waals surface area contributed by atoms with Gasteiger partial charge >= 0.3 is 5.63 Å². The van der Waals surface area contributed by atoms with Crippen molar-refractivity contribution in [3.05, 3.63) is 73.8 Å². The standard InChI is InChI=1S/C20H17ClFNO3.ClH/c21-16-8-14-12-5-3-6-13(12)20(25)26-19(14)15(18(16)24)10-23-9-11-4-1-2-7-17(11)22;/h1-2,4,7-8,23-24H,3,5-6,9-10H2;1H. The van der Waals surface area contributed by atoms with Crippen molar-refractivity contribution in [3.8, 4) is 5.75 Å². The largest absolute Gasteiger partial charge is 0.506 e. The van der Waals surface area contributed by atoms with Gasteiger partial charge in [0.2, 0.25) is 0 Å². The van der Waals surface area contributed by atoms with E-state index in [0.29, 0.717) is 28.7 Å². The molecular formula is C20H18Cl2FNO3. The number of hydrogen-bond donors (Lipinski definition) is 2. The summed E-state index contributed by atoms with van der Waals surface area (Å²) in [5.74, 6) is -0.425. The number of benzene rings is 2. The van der Waals surface area contributed by atoms with Crippen LogP contribution in [0.15, 0.2) is 39.5 Å². The molecule has 0 atom stereocenters. The van der Waals surface area contributed by atoms with E-state index in [1.165, 1.54) is 6.07 Å². The molecule has 1 aliphatic rings. The monoisotopic (exact) mass is 409 g/mol. The zero-order valence-corrected chi connectivity index (χ0v) is 15.9. The van der Waals surface area contributed by atoms with Crippen LogP contribution in [-0.2, 0) is 25.9 Å². The minimum Gasteiger partial charge on any atom is -0.506 e. The Bertz CT molecular complexity index is 1070. The number of aromatic hydroxyl groups is 1. The fourth-order valence-electron chi connectivity index (χ4n) is 3.56. The van der Waals surface area contributed by atoms with Crippen molar-refractivity contribution in [3.63, 3.8) is 0 Å². The average molecular weight is 410 g/mol. The summed E-state index contributed by atoms with van der Waals surface area (Å²) in [6.07, 6.45) is 2.40.